The van der Waals surface area contributed by atoms with E-state index >= 15 is 4.39 Å². The van der Waals surface area contributed by atoms with E-state index in [0.29, 0.717) is 0 Å². The van der Waals surface area contributed by atoms with Crippen LogP contribution in [0.3, 0.4) is 0 Å². The molecule has 0 bridgehead atoms. The number of esters is 1. The SMILES string of the molecule is CC(C)OC(=O)[C@H](C)NP(=O)(OC[C@@]1(F)OC(n2cnc3c(=O)[nH]c(N)nc32)[C@H](O)[C@@H]1O)Oc1ccccc1. The summed E-state index contributed by atoms with van der Waals surface area (Å²) >= 11 is 0. The fraction of sp³-hybridized carbons (Fsp3) is 0.455. The second-order valence-corrected chi connectivity index (χ2v) is 10.7. The highest BCUT2D eigenvalue weighted by molar-refractivity contribution is 7.52. The second kappa shape index (κ2) is 11.0. The number of aromatic nitrogens is 4. The fourth-order valence-electron chi connectivity index (χ4n) is 3.73. The first-order chi connectivity index (χ1) is 18.3. The second-order valence-electron chi connectivity index (χ2n) is 9.02. The number of carbonyl (C=O) groups is 1. The normalized spacial score (nSPS) is 25.5. The number of hydrogen-bond acceptors (Lipinski definition) is 12. The summed E-state index contributed by atoms with van der Waals surface area (Å²) in [4.78, 5) is 34.4. The molecule has 4 rings (SSSR count). The molecule has 1 aliphatic heterocycles. The Morgan fingerprint density at radius 1 is 1.33 bits per heavy atom. The van der Waals surface area contributed by atoms with Gasteiger partial charge in [0, 0.05) is 0 Å². The van der Waals surface area contributed by atoms with Gasteiger partial charge in [-0.15, -0.1) is 0 Å². The lowest BCUT2D eigenvalue weighted by Gasteiger charge is -2.27. The van der Waals surface area contributed by atoms with Crippen LogP contribution in [0.2, 0.25) is 0 Å². The van der Waals surface area contributed by atoms with Crippen molar-refractivity contribution in [1.82, 2.24) is 24.6 Å². The number of anilines is 1. The minimum Gasteiger partial charge on any atom is -0.462 e. The molecule has 17 heteroatoms. The monoisotopic (exact) mass is 570 g/mol. The molecule has 1 saturated heterocycles. The summed E-state index contributed by atoms with van der Waals surface area (Å²) in [6, 6.07) is 6.53. The van der Waals surface area contributed by atoms with E-state index < -0.39 is 62.3 Å². The molecule has 0 aliphatic carbocycles. The molecule has 6 atom stereocenters. The van der Waals surface area contributed by atoms with Gasteiger partial charge >= 0.3 is 13.7 Å². The topological polar surface area (TPSA) is 213 Å². The summed E-state index contributed by atoms with van der Waals surface area (Å²) in [6.45, 7) is 3.37. The lowest BCUT2D eigenvalue weighted by Crippen LogP contribution is -2.44. The average Bonchev–Trinajstić information content (AvgIpc) is 3.38. The van der Waals surface area contributed by atoms with E-state index in [2.05, 4.69) is 20.0 Å². The number of nitrogens with one attached hydrogen (secondary N) is 2. The number of nitrogens with zero attached hydrogens (tertiary/aromatic N) is 3. The lowest BCUT2D eigenvalue weighted by molar-refractivity contribution is -0.202. The number of alkyl halides is 1. The summed E-state index contributed by atoms with van der Waals surface area (Å²) in [6.07, 6.45) is -5.17. The Bertz CT molecular complexity index is 1440. The molecule has 1 aromatic carbocycles. The van der Waals surface area contributed by atoms with Crippen molar-refractivity contribution in [2.75, 3.05) is 12.3 Å². The maximum absolute atomic E-state index is 15.9. The minimum absolute atomic E-state index is 0.0650. The summed E-state index contributed by atoms with van der Waals surface area (Å²) in [5, 5.41) is 23.5. The maximum atomic E-state index is 15.9. The number of aliphatic hydroxyl groups excluding tert-OH is 2. The predicted molar refractivity (Wildman–Crippen MR) is 133 cm³/mol. The number of aromatic amines is 1. The zero-order valence-electron chi connectivity index (χ0n) is 21.1. The van der Waals surface area contributed by atoms with Gasteiger partial charge in [0.1, 0.15) is 30.6 Å². The van der Waals surface area contributed by atoms with Gasteiger partial charge in [0.25, 0.3) is 11.4 Å². The van der Waals surface area contributed by atoms with Crippen molar-refractivity contribution >= 4 is 30.8 Å². The standard InChI is InChI=1S/C22H28FN6O9P/c1-11(2)36-20(33)12(3)28-39(34,38-13-7-5-4-6-8-13)35-9-22(23)16(31)15(30)19(37-22)29-10-25-14-17(29)26-21(24)27-18(14)32/h4-8,10-12,15-16,19,30-31H,9H2,1-3H3,(H,28,34)(H3,24,26,27,32)/t12-,15+,16-,19?,22+,39?/m0/s1. The summed E-state index contributed by atoms with van der Waals surface area (Å²) in [7, 11) is -4.53. The van der Waals surface area contributed by atoms with Crippen LogP contribution < -0.4 is 20.9 Å². The number of fused-ring (bicyclic) bond motifs is 1. The van der Waals surface area contributed by atoms with E-state index in [1.165, 1.54) is 19.1 Å². The summed E-state index contributed by atoms with van der Waals surface area (Å²) in [5.41, 5.74) is 4.57. The number of aliphatic hydroxyl groups is 2. The van der Waals surface area contributed by atoms with E-state index in [-0.39, 0.29) is 22.9 Å². The van der Waals surface area contributed by atoms with Gasteiger partial charge in [-0.05, 0) is 32.9 Å². The van der Waals surface area contributed by atoms with Crippen LogP contribution in [0, 0.1) is 0 Å². The van der Waals surface area contributed by atoms with Crippen LogP contribution in [0.15, 0.2) is 41.5 Å². The fourth-order valence-corrected chi connectivity index (χ4v) is 5.23. The number of rotatable bonds is 10. The number of H-pyrrole nitrogens is 1. The van der Waals surface area contributed by atoms with Gasteiger partial charge in [0.05, 0.1) is 12.4 Å². The Kier molecular flexibility index (Phi) is 8.07. The molecular formula is C22H28FN6O9P. The van der Waals surface area contributed by atoms with E-state index in [0.717, 1.165) is 10.9 Å². The maximum Gasteiger partial charge on any atom is 0.459 e. The molecule has 1 fully saturated rings. The number of nitrogen functional groups attached to an aromatic ring is 1. The third-order valence-electron chi connectivity index (χ3n) is 5.56. The number of halogens is 1. The summed E-state index contributed by atoms with van der Waals surface area (Å²) in [5.74, 6) is -4.11. The van der Waals surface area contributed by atoms with Gasteiger partial charge in [0.2, 0.25) is 5.95 Å². The predicted octanol–water partition coefficient (Wildman–Crippen LogP) is 0.752. The molecule has 2 aromatic heterocycles. The highest BCUT2D eigenvalue weighted by Crippen LogP contribution is 2.48. The Labute approximate surface area is 220 Å². The van der Waals surface area contributed by atoms with Crippen LogP contribution in [0.1, 0.15) is 27.0 Å². The quantitative estimate of drug-likeness (QED) is 0.168. The zero-order valence-corrected chi connectivity index (χ0v) is 21.9. The van der Waals surface area contributed by atoms with Crippen molar-refractivity contribution in [2.24, 2.45) is 0 Å². The summed E-state index contributed by atoms with van der Waals surface area (Å²) < 4.78 is 51.7. The van der Waals surface area contributed by atoms with Crippen LogP contribution in [0.25, 0.3) is 11.2 Å². The van der Waals surface area contributed by atoms with Crippen LogP contribution >= 0.6 is 7.75 Å². The Balaban J connectivity index is 1.57. The number of nitrogens with two attached hydrogens (primary N) is 1. The smallest absolute Gasteiger partial charge is 0.459 e. The van der Waals surface area contributed by atoms with Gasteiger partial charge in [-0.25, -0.2) is 13.9 Å². The number of ether oxygens (including phenoxy) is 2. The minimum atomic E-state index is -4.53. The molecule has 3 heterocycles. The van der Waals surface area contributed by atoms with Gasteiger partial charge < -0.3 is 29.9 Å². The van der Waals surface area contributed by atoms with Crippen molar-refractivity contribution in [3.05, 3.63) is 47.0 Å². The Hall–Kier alpha value is -3.40. The van der Waals surface area contributed by atoms with Crippen molar-refractivity contribution in [3.63, 3.8) is 0 Å². The van der Waals surface area contributed by atoms with Gasteiger partial charge in [-0.1, -0.05) is 18.2 Å². The lowest BCUT2D eigenvalue weighted by atomic mass is 10.1. The molecule has 2 unspecified atom stereocenters. The molecule has 0 radical (unpaired) electrons. The number of imidazole rings is 1. The first-order valence-corrected chi connectivity index (χ1v) is 13.3. The Morgan fingerprint density at radius 2 is 2.03 bits per heavy atom. The van der Waals surface area contributed by atoms with E-state index in [9.17, 15) is 24.4 Å². The van der Waals surface area contributed by atoms with Gasteiger partial charge in [-0.3, -0.25) is 23.7 Å². The first kappa shape index (κ1) is 28.6. The molecule has 0 saturated carbocycles. The van der Waals surface area contributed by atoms with Crippen molar-refractivity contribution in [1.29, 1.82) is 0 Å². The van der Waals surface area contributed by atoms with E-state index in [4.69, 9.17) is 24.3 Å². The largest absolute Gasteiger partial charge is 0.462 e. The molecule has 39 heavy (non-hydrogen) atoms. The number of benzene rings is 1. The first-order valence-electron chi connectivity index (χ1n) is 11.7. The van der Waals surface area contributed by atoms with Crippen LogP contribution in [0.4, 0.5) is 10.3 Å². The van der Waals surface area contributed by atoms with Crippen LogP contribution in [-0.4, -0.2) is 72.5 Å². The van der Waals surface area contributed by atoms with E-state index in [1.807, 2.05) is 0 Å². The molecule has 3 aromatic rings. The molecule has 0 spiro atoms. The molecular weight excluding hydrogens is 542 g/mol. The molecule has 0 amide bonds. The number of para-hydroxylation sites is 1. The Morgan fingerprint density at radius 3 is 2.69 bits per heavy atom. The molecule has 6 N–H and O–H groups in total. The zero-order chi connectivity index (χ0) is 28.5. The molecule has 1 aliphatic rings. The van der Waals surface area contributed by atoms with Crippen LogP contribution in [-0.2, 0) is 23.4 Å². The third-order valence-corrected chi connectivity index (χ3v) is 7.18. The van der Waals surface area contributed by atoms with E-state index in [1.54, 1.807) is 32.0 Å². The third kappa shape index (κ3) is 6.11. The van der Waals surface area contributed by atoms with Crippen LogP contribution in [0.5, 0.6) is 5.75 Å². The van der Waals surface area contributed by atoms with Crippen molar-refractivity contribution < 1.29 is 42.5 Å². The number of carbonyl (C=O) groups excluding carboxylic acids is 1. The highest BCUT2D eigenvalue weighted by atomic mass is 31.2. The van der Waals surface area contributed by atoms with Crippen molar-refractivity contribution in [3.8, 4) is 5.75 Å². The van der Waals surface area contributed by atoms with Gasteiger partial charge in [-0.2, -0.15) is 10.1 Å². The average molecular weight is 570 g/mol. The highest BCUT2D eigenvalue weighted by Gasteiger charge is 2.57. The molecule has 15 nitrogen and oxygen atoms in total. The van der Waals surface area contributed by atoms with Crippen molar-refractivity contribution in [2.45, 2.75) is 57.2 Å². The number of hydrogen-bond donors (Lipinski definition) is 5. The molecule has 212 valence electrons. The van der Waals surface area contributed by atoms with Gasteiger partial charge in [0.15, 0.2) is 17.4 Å².